The van der Waals surface area contributed by atoms with Crippen molar-refractivity contribution in [2.45, 2.75) is 32.7 Å². The number of aliphatic hydroxyl groups excluding tert-OH is 1. The van der Waals surface area contributed by atoms with E-state index < -0.39 is 0 Å². The predicted octanol–water partition coefficient (Wildman–Crippen LogP) is 2.44. The first-order chi connectivity index (χ1) is 7.56. The van der Waals surface area contributed by atoms with Gasteiger partial charge in [0.1, 0.15) is 6.07 Å². The van der Waals surface area contributed by atoms with Crippen molar-refractivity contribution in [3.05, 3.63) is 29.3 Å². The van der Waals surface area contributed by atoms with E-state index in [2.05, 4.69) is 11.4 Å². The van der Waals surface area contributed by atoms with Gasteiger partial charge in [0.2, 0.25) is 0 Å². The molecule has 0 aliphatic heterocycles. The molecule has 1 atom stereocenters. The predicted molar refractivity (Wildman–Crippen MR) is 65.3 cm³/mol. The second-order valence-electron chi connectivity index (χ2n) is 4.31. The van der Waals surface area contributed by atoms with E-state index in [9.17, 15) is 5.11 Å². The van der Waals surface area contributed by atoms with Crippen LogP contribution in [-0.4, -0.2) is 17.3 Å². The van der Waals surface area contributed by atoms with E-state index in [1.165, 1.54) is 0 Å². The van der Waals surface area contributed by atoms with Gasteiger partial charge in [-0.15, -0.1) is 0 Å². The molecule has 3 heteroatoms. The van der Waals surface area contributed by atoms with Crippen molar-refractivity contribution >= 4 is 5.69 Å². The van der Waals surface area contributed by atoms with Gasteiger partial charge in [0.25, 0.3) is 0 Å². The topological polar surface area (TPSA) is 56.0 Å². The quantitative estimate of drug-likeness (QED) is 0.816. The Labute approximate surface area is 96.7 Å². The number of aliphatic hydroxyl groups is 1. The highest BCUT2D eigenvalue weighted by atomic mass is 16.3. The van der Waals surface area contributed by atoms with Gasteiger partial charge in [0.15, 0.2) is 0 Å². The minimum atomic E-state index is -0.377. The van der Waals surface area contributed by atoms with Gasteiger partial charge in [-0.1, -0.05) is 19.1 Å². The monoisotopic (exact) mass is 218 g/mol. The van der Waals surface area contributed by atoms with Crippen LogP contribution in [0.3, 0.4) is 0 Å². The number of nitriles is 1. The van der Waals surface area contributed by atoms with Crippen LogP contribution in [0.25, 0.3) is 0 Å². The van der Waals surface area contributed by atoms with Crippen molar-refractivity contribution in [3.8, 4) is 6.07 Å². The van der Waals surface area contributed by atoms with Gasteiger partial charge >= 0.3 is 0 Å². The minimum Gasteiger partial charge on any atom is -0.394 e. The fraction of sp³-hybridized carbons (Fsp3) is 0.462. The van der Waals surface area contributed by atoms with Crippen molar-refractivity contribution in [3.63, 3.8) is 0 Å². The molecule has 3 nitrogen and oxygen atoms in total. The number of nitrogens with one attached hydrogen (secondary N) is 1. The molecule has 0 radical (unpaired) electrons. The molecular weight excluding hydrogens is 200 g/mol. The minimum absolute atomic E-state index is 0.0443. The normalized spacial score (nSPS) is 13.9. The fourth-order valence-corrected chi connectivity index (χ4v) is 1.47. The molecular formula is C13H18N2O. The Kier molecular flexibility index (Phi) is 3.92. The SMILES string of the molecule is CCC(C)(CO)Nc1c(C)cccc1C#N. The molecule has 0 aliphatic carbocycles. The third kappa shape index (κ3) is 2.53. The van der Waals surface area contributed by atoms with Crippen LogP contribution in [0.2, 0.25) is 0 Å². The lowest BCUT2D eigenvalue weighted by molar-refractivity contribution is 0.219. The molecule has 0 spiro atoms. The van der Waals surface area contributed by atoms with Crippen LogP contribution < -0.4 is 5.32 Å². The molecule has 0 fully saturated rings. The molecule has 0 amide bonds. The van der Waals surface area contributed by atoms with Crippen LogP contribution in [-0.2, 0) is 0 Å². The van der Waals surface area contributed by atoms with Gasteiger partial charge < -0.3 is 10.4 Å². The van der Waals surface area contributed by atoms with Crippen molar-refractivity contribution in [2.24, 2.45) is 0 Å². The molecule has 86 valence electrons. The fourth-order valence-electron chi connectivity index (χ4n) is 1.47. The number of hydrogen-bond acceptors (Lipinski definition) is 3. The molecule has 1 aromatic rings. The molecule has 0 aromatic heterocycles. The summed E-state index contributed by atoms with van der Waals surface area (Å²) in [5.74, 6) is 0. The third-order valence-corrected chi connectivity index (χ3v) is 2.95. The Morgan fingerprint density at radius 2 is 2.19 bits per heavy atom. The van der Waals surface area contributed by atoms with E-state index in [4.69, 9.17) is 5.26 Å². The molecule has 1 unspecified atom stereocenters. The summed E-state index contributed by atoms with van der Waals surface area (Å²) in [5, 5.41) is 21.7. The lowest BCUT2D eigenvalue weighted by Crippen LogP contribution is -2.38. The van der Waals surface area contributed by atoms with Gasteiger partial charge in [-0.25, -0.2) is 0 Å². The molecule has 0 saturated heterocycles. The zero-order valence-corrected chi connectivity index (χ0v) is 10.0. The molecule has 0 aliphatic rings. The third-order valence-electron chi connectivity index (χ3n) is 2.95. The smallest absolute Gasteiger partial charge is 0.101 e. The second-order valence-corrected chi connectivity index (χ2v) is 4.31. The molecule has 16 heavy (non-hydrogen) atoms. The van der Waals surface area contributed by atoms with Crippen molar-refractivity contribution < 1.29 is 5.11 Å². The van der Waals surface area contributed by atoms with Gasteiger partial charge in [-0.3, -0.25) is 0 Å². The van der Waals surface area contributed by atoms with E-state index in [-0.39, 0.29) is 12.1 Å². The maximum absolute atomic E-state index is 9.36. The van der Waals surface area contributed by atoms with E-state index in [1.807, 2.05) is 32.9 Å². The van der Waals surface area contributed by atoms with Crippen LogP contribution in [0.5, 0.6) is 0 Å². The maximum Gasteiger partial charge on any atom is 0.101 e. The number of nitrogens with zero attached hydrogens (tertiary/aromatic N) is 1. The van der Waals surface area contributed by atoms with Crippen LogP contribution in [0.1, 0.15) is 31.4 Å². The first-order valence-corrected chi connectivity index (χ1v) is 5.45. The van der Waals surface area contributed by atoms with Crippen molar-refractivity contribution in [1.29, 1.82) is 5.26 Å². The van der Waals surface area contributed by atoms with Crippen molar-refractivity contribution in [1.82, 2.24) is 0 Å². The van der Waals surface area contributed by atoms with E-state index >= 15 is 0 Å². The Morgan fingerprint density at radius 1 is 1.50 bits per heavy atom. The summed E-state index contributed by atoms with van der Waals surface area (Å²) < 4.78 is 0. The summed E-state index contributed by atoms with van der Waals surface area (Å²) in [6, 6.07) is 7.76. The van der Waals surface area contributed by atoms with Gasteiger partial charge in [-0.2, -0.15) is 5.26 Å². The van der Waals surface area contributed by atoms with Crippen molar-refractivity contribution in [2.75, 3.05) is 11.9 Å². The summed E-state index contributed by atoms with van der Waals surface area (Å²) >= 11 is 0. The Bertz CT molecular complexity index is 403. The van der Waals surface area contributed by atoms with Crippen LogP contribution in [0, 0.1) is 18.3 Å². The average molecular weight is 218 g/mol. The van der Waals surface area contributed by atoms with Gasteiger partial charge in [0, 0.05) is 0 Å². The molecule has 0 bridgehead atoms. The summed E-state index contributed by atoms with van der Waals surface area (Å²) in [5.41, 5.74) is 2.08. The largest absolute Gasteiger partial charge is 0.394 e. The molecule has 1 rings (SSSR count). The summed E-state index contributed by atoms with van der Waals surface area (Å²) in [6.07, 6.45) is 0.794. The summed E-state index contributed by atoms with van der Waals surface area (Å²) in [7, 11) is 0. The van der Waals surface area contributed by atoms with Gasteiger partial charge in [0.05, 0.1) is 23.4 Å². The maximum atomic E-state index is 9.36. The lowest BCUT2D eigenvalue weighted by atomic mass is 9.98. The molecule has 2 N–H and O–H groups in total. The standard InChI is InChI=1S/C13H18N2O/c1-4-13(3,9-16)15-12-10(2)6-5-7-11(12)8-14/h5-7,15-16H,4,9H2,1-3H3. The molecule has 0 heterocycles. The van der Waals surface area contributed by atoms with Crippen LogP contribution in [0.4, 0.5) is 5.69 Å². The zero-order chi connectivity index (χ0) is 12.2. The highest BCUT2D eigenvalue weighted by Crippen LogP contribution is 2.25. The zero-order valence-electron chi connectivity index (χ0n) is 10.0. The van der Waals surface area contributed by atoms with E-state index in [1.54, 1.807) is 6.07 Å². The lowest BCUT2D eigenvalue weighted by Gasteiger charge is -2.29. The van der Waals surface area contributed by atoms with E-state index in [0.29, 0.717) is 5.56 Å². The van der Waals surface area contributed by atoms with Crippen LogP contribution >= 0.6 is 0 Å². The highest BCUT2D eigenvalue weighted by Gasteiger charge is 2.22. The summed E-state index contributed by atoms with van der Waals surface area (Å²) in [6.45, 7) is 5.95. The first kappa shape index (κ1) is 12.5. The number of anilines is 1. The number of para-hydroxylation sites is 1. The van der Waals surface area contributed by atoms with Crippen LogP contribution in [0.15, 0.2) is 18.2 Å². The Morgan fingerprint density at radius 3 is 2.69 bits per heavy atom. The number of hydrogen-bond donors (Lipinski definition) is 2. The average Bonchev–Trinajstić information content (AvgIpc) is 2.31. The second kappa shape index (κ2) is 5.00. The number of rotatable bonds is 4. The highest BCUT2D eigenvalue weighted by molar-refractivity contribution is 5.63. The Hall–Kier alpha value is -1.53. The molecule has 0 saturated carbocycles. The number of aryl methyl sites for hydroxylation is 1. The van der Waals surface area contributed by atoms with E-state index in [0.717, 1.165) is 17.7 Å². The molecule has 1 aromatic carbocycles. The summed E-state index contributed by atoms with van der Waals surface area (Å²) in [4.78, 5) is 0. The number of benzene rings is 1. The first-order valence-electron chi connectivity index (χ1n) is 5.45. The van der Waals surface area contributed by atoms with Gasteiger partial charge in [-0.05, 0) is 31.9 Å². The Balaban J connectivity index is 3.10.